The van der Waals surface area contributed by atoms with Gasteiger partial charge in [-0.2, -0.15) is 5.26 Å². The normalized spacial score (nSPS) is 10.3. The molecule has 0 aliphatic rings. The maximum atomic E-state index is 12.4. The summed E-state index contributed by atoms with van der Waals surface area (Å²) >= 11 is 7.19. The van der Waals surface area contributed by atoms with Crippen LogP contribution in [0.25, 0.3) is 11.3 Å². The van der Waals surface area contributed by atoms with E-state index < -0.39 is 0 Å². The van der Waals surface area contributed by atoms with Crippen LogP contribution in [0.2, 0.25) is 5.02 Å². The SMILES string of the molecule is CCc1ccccc1NC(=O)CSc1nc(-c2ccc(Cl)cc2)ccc1C#N. The highest BCUT2D eigenvalue weighted by Crippen LogP contribution is 2.26. The van der Waals surface area contributed by atoms with Gasteiger partial charge in [0.05, 0.1) is 17.0 Å². The molecule has 0 aliphatic carbocycles. The van der Waals surface area contributed by atoms with Crippen molar-refractivity contribution in [1.82, 2.24) is 4.98 Å². The maximum absolute atomic E-state index is 12.4. The van der Waals surface area contributed by atoms with Crippen molar-refractivity contribution < 1.29 is 4.79 Å². The lowest BCUT2D eigenvalue weighted by molar-refractivity contribution is -0.113. The number of aryl methyl sites for hydroxylation is 1. The number of benzene rings is 2. The molecule has 3 aromatic rings. The number of thioether (sulfide) groups is 1. The van der Waals surface area contributed by atoms with Gasteiger partial charge in [0.1, 0.15) is 11.1 Å². The Labute approximate surface area is 173 Å². The van der Waals surface area contributed by atoms with Gasteiger partial charge in [0, 0.05) is 16.3 Å². The van der Waals surface area contributed by atoms with Gasteiger partial charge in [-0.25, -0.2) is 4.98 Å². The molecule has 0 spiro atoms. The van der Waals surface area contributed by atoms with Crippen LogP contribution < -0.4 is 5.32 Å². The predicted molar refractivity (Wildman–Crippen MR) is 115 cm³/mol. The molecule has 1 N–H and O–H groups in total. The number of amides is 1. The number of rotatable bonds is 6. The zero-order valence-corrected chi connectivity index (χ0v) is 16.8. The number of hydrogen-bond acceptors (Lipinski definition) is 4. The van der Waals surface area contributed by atoms with Gasteiger partial charge in [-0.1, -0.05) is 60.6 Å². The molecule has 0 aliphatic heterocycles. The number of carbonyl (C=O) groups is 1. The van der Waals surface area contributed by atoms with Crippen LogP contribution in [0.3, 0.4) is 0 Å². The van der Waals surface area contributed by atoms with Gasteiger partial charge in [0.2, 0.25) is 5.91 Å². The molecule has 2 aromatic carbocycles. The average Bonchev–Trinajstić information content (AvgIpc) is 2.73. The molecule has 0 atom stereocenters. The van der Waals surface area contributed by atoms with Crippen molar-refractivity contribution in [3.63, 3.8) is 0 Å². The van der Waals surface area contributed by atoms with Crippen molar-refractivity contribution >= 4 is 35.0 Å². The lowest BCUT2D eigenvalue weighted by Crippen LogP contribution is -2.15. The van der Waals surface area contributed by atoms with Crippen molar-refractivity contribution in [2.24, 2.45) is 0 Å². The number of aromatic nitrogens is 1. The minimum absolute atomic E-state index is 0.131. The van der Waals surface area contributed by atoms with Crippen LogP contribution in [-0.2, 0) is 11.2 Å². The fourth-order valence-electron chi connectivity index (χ4n) is 2.69. The van der Waals surface area contributed by atoms with Crippen LogP contribution in [0.1, 0.15) is 18.1 Å². The van der Waals surface area contributed by atoms with Gasteiger partial charge in [-0.05, 0) is 42.3 Å². The number of pyridine rings is 1. The predicted octanol–water partition coefficient (Wildman–Crippen LogP) is 5.57. The van der Waals surface area contributed by atoms with Crippen LogP contribution in [0.15, 0.2) is 65.7 Å². The Morgan fingerprint density at radius 3 is 2.61 bits per heavy atom. The van der Waals surface area contributed by atoms with E-state index in [1.807, 2.05) is 43.3 Å². The van der Waals surface area contributed by atoms with Crippen LogP contribution in [0, 0.1) is 11.3 Å². The second-order valence-electron chi connectivity index (χ2n) is 6.02. The highest BCUT2D eigenvalue weighted by atomic mass is 35.5. The van der Waals surface area contributed by atoms with E-state index in [1.165, 1.54) is 11.8 Å². The van der Waals surface area contributed by atoms with E-state index in [-0.39, 0.29) is 11.7 Å². The van der Waals surface area contributed by atoms with Crippen molar-refractivity contribution in [3.05, 3.63) is 76.8 Å². The van der Waals surface area contributed by atoms with Gasteiger partial charge < -0.3 is 5.32 Å². The first kappa shape index (κ1) is 19.9. The van der Waals surface area contributed by atoms with Gasteiger partial charge in [0.15, 0.2) is 0 Å². The molecule has 0 radical (unpaired) electrons. The number of nitrogens with one attached hydrogen (secondary N) is 1. The van der Waals surface area contributed by atoms with Crippen molar-refractivity contribution in [2.45, 2.75) is 18.4 Å². The van der Waals surface area contributed by atoms with Crippen LogP contribution >= 0.6 is 23.4 Å². The molecule has 1 aromatic heterocycles. The fourth-order valence-corrected chi connectivity index (χ4v) is 3.59. The quantitative estimate of drug-likeness (QED) is 0.542. The Morgan fingerprint density at radius 2 is 1.89 bits per heavy atom. The average molecular weight is 408 g/mol. The Morgan fingerprint density at radius 1 is 1.14 bits per heavy atom. The summed E-state index contributed by atoms with van der Waals surface area (Å²) in [5, 5.41) is 13.5. The van der Waals surface area contributed by atoms with E-state index in [2.05, 4.69) is 16.4 Å². The Hall–Kier alpha value is -2.81. The number of nitrogens with zero attached hydrogens (tertiary/aromatic N) is 2. The minimum atomic E-state index is -0.131. The standard InChI is InChI=1S/C22H18ClN3OS/c1-2-15-5-3-4-6-19(15)25-21(27)14-28-22-17(13-24)9-12-20(26-22)16-7-10-18(23)11-8-16/h3-12H,2,14H2,1H3,(H,25,27). The molecule has 0 unspecified atom stereocenters. The van der Waals surface area contributed by atoms with E-state index in [4.69, 9.17) is 11.6 Å². The molecule has 28 heavy (non-hydrogen) atoms. The molecule has 0 saturated heterocycles. The first-order valence-corrected chi connectivity index (χ1v) is 10.1. The maximum Gasteiger partial charge on any atom is 0.234 e. The third kappa shape index (κ3) is 4.92. The molecule has 1 amide bonds. The third-order valence-corrected chi connectivity index (χ3v) is 5.38. The molecule has 0 saturated carbocycles. The molecule has 1 heterocycles. The van der Waals surface area contributed by atoms with Gasteiger partial charge in [-0.15, -0.1) is 0 Å². The smallest absolute Gasteiger partial charge is 0.234 e. The fraction of sp³-hybridized carbons (Fsp3) is 0.136. The number of para-hydroxylation sites is 1. The highest BCUT2D eigenvalue weighted by molar-refractivity contribution is 8.00. The lowest BCUT2D eigenvalue weighted by Gasteiger charge is -2.10. The Kier molecular flexibility index (Phi) is 6.70. The third-order valence-electron chi connectivity index (χ3n) is 4.13. The van der Waals surface area contributed by atoms with Gasteiger partial charge in [0.25, 0.3) is 0 Å². The van der Waals surface area contributed by atoms with Crippen molar-refractivity contribution in [2.75, 3.05) is 11.1 Å². The number of halogens is 1. The number of nitriles is 1. The summed E-state index contributed by atoms with van der Waals surface area (Å²) in [7, 11) is 0. The number of carbonyl (C=O) groups excluding carboxylic acids is 1. The molecule has 0 fully saturated rings. The van der Waals surface area contributed by atoms with E-state index >= 15 is 0 Å². The number of hydrogen-bond donors (Lipinski definition) is 1. The summed E-state index contributed by atoms with van der Waals surface area (Å²) in [6.45, 7) is 2.05. The molecule has 0 bridgehead atoms. The van der Waals surface area contributed by atoms with E-state index in [1.54, 1.807) is 24.3 Å². The van der Waals surface area contributed by atoms with Crippen LogP contribution in [-0.4, -0.2) is 16.6 Å². The van der Waals surface area contributed by atoms with E-state index in [0.29, 0.717) is 15.6 Å². The summed E-state index contributed by atoms with van der Waals surface area (Å²) in [6.07, 6.45) is 0.840. The Balaban J connectivity index is 1.74. The molecular weight excluding hydrogens is 390 g/mol. The topological polar surface area (TPSA) is 65.8 Å². The second-order valence-corrected chi connectivity index (χ2v) is 7.42. The first-order valence-electron chi connectivity index (χ1n) is 8.78. The summed E-state index contributed by atoms with van der Waals surface area (Å²) in [5.41, 5.74) is 3.98. The molecule has 4 nitrogen and oxygen atoms in total. The van der Waals surface area contributed by atoms with E-state index in [9.17, 15) is 10.1 Å². The molecule has 140 valence electrons. The second kappa shape index (κ2) is 9.41. The first-order chi connectivity index (χ1) is 13.6. The molecular formula is C22H18ClN3OS. The van der Waals surface area contributed by atoms with Gasteiger partial charge in [-0.3, -0.25) is 4.79 Å². The Bertz CT molecular complexity index is 1030. The molecule has 3 rings (SSSR count). The number of anilines is 1. The highest BCUT2D eigenvalue weighted by Gasteiger charge is 2.12. The molecule has 6 heteroatoms. The van der Waals surface area contributed by atoms with Gasteiger partial charge >= 0.3 is 0 Å². The monoisotopic (exact) mass is 407 g/mol. The lowest BCUT2D eigenvalue weighted by atomic mass is 10.1. The summed E-state index contributed by atoms with van der Waals surface area (Å²) in [5.74, 6) is 0.0394. The van der Waals surface area contributed by atoms with Crippen LogP contribution in [0.5, 0.6) is 0 Å². The van der Waals surface area contributed by atoms with Crippen molar-refractivity contribution in [3.8, 4) is 17.3 Å². The zero-order valence-electron chi connectivity index (χ0n) is 15.3. The summed E-state index contributed by atoms with van der Waals surface area (Å²) in [6, 6.07) is 20.7. The summed E-state index contributed by atoms with van der Waals surface area (Å²) in [4.78, 5) is 17.0. The minimum Gasteiger partial charge on any atom is -0.325 e. The van der Waals surface area contributed by atoms with E-state index in [0.717, 1.165) is 28.9 Å². The van der Waals surface area contributed by atoms with Crippen LogP contribution in [0.4, 0.5) is 5.69 Å². The zero-order chi connectivity index (χ0) is 19.9. The van der Waals surface area contributed by atoms with Crippen molar-refractivity contribution in [1.29, 1.82) is 5.26 Å². The summed E-state index contributed by atoms with van der Waals surface area (Å²) < 4.78 is 0. The largest absolute Gasteiger partial charge is 0.325 e.